The van der Waals surface area contributed by atoms with Gasteiger partial charge in [0, 0.05) is 28.4 Å². The molecule has 0 aliphatic heterocycles. The average molecular weight is 403 g/mol. The fraction of sp³-hybridized carbons (Fsp3) is 0.250. The summed E-state index contributed by atoms with van der Waals surface area (Å²) in [5.41, 5.74) is -1.45. The third kappa shape index (κ3) is 7.24. The summed E-state index contributed by atoms with van der Waals surface area (Å²) in [7, 11) is 0. The van der Waals surface area contributed by atoms with Crippen molar-refractivity contribution in [3.05, 3.63) is 33.4 Å². The van der Waals surface area contributed by atoms with Crippen LogP contribution in [0.4, 0.5) is 0 Å². The molecule has 11 heteroatoms. The number of carboxylic acid groups (broad SMARTS) is 2. The minimum Gasteiger partial charge on any atom is -0.478 e. The zero-order valence-corrected chi connectivity index (χ0v) is 15.4. The molecule has 0 radical (unpaired) electrons. The van der Waals surface area contributed by atoms with Crippen LogP contribution >= 0.6 is 11.6 Å². The number of aliphatic carboxylic acids is 2. The van der Waals surface area contributed by atoms with E-state index in [4.69, 9.17) is 21.8 Å². The summed E-state index contributed by atoms with van der Waals surface area (Å²) in [6, 6.07) is 0. The van der Waals surface area contributed by atoms with Crippen LogP contribution in [-0.2, 0) is 38.2 Å². The lowest BCUT2D eigenvalue weighted by Gasteiger charge is -2.05. The Morgan fingerprint density at radius 1 is 0.667 bits per heavy atom. The van der Waals surface area contributed by atoms with Crippen LogP contribution in [0.5, 0.6) is 0 Å². The monoisotopic (exact) mass is 402 g/mol. The van der Waals surface area contributed by atoms with Crippen LogP contribution in [0.15, 0.2) is 33.4 Å². The first-order chi connectivity index (χ1) is 12.3. The third-order valence-electron chi connectivity index (χ3n) is 3.20. The third-order valence-corrected chi connectivity index (χ3v) is 3.46. The van der Waals surface area contributed by atoms with E-state index >= 15 is 0 Å². The lowest BCUT2D eigenvalue weighted by Crippen LogP contribution is -2.18. The Morgan fingerprint density at radius 2 is 1.04 bits per heavy atom. The number of rotatable bonds is 6. The standard InChI is InChI=1S/C16H15ClO10/c1-6(12(19)20)8(3)14(23)26-11(18)5-10(17)16(25)27-15(24)9(4)7(2)13(21)22/h5H,1-4H3,(H,19,20)(H,21,22)/b8-6+,9-7+,10-5+. The van der Waals surface area contributed by atoms with Gasteiger partial charge in [-0.1, -0.05) is 11.6 Å². The molecule has 0 heterocycles. The topological polar surface area (TPSA) is 161 Å². The van der Waals surface area contributed by atoms with E-state index in [0.717, 1.165) is 27.7 Å². The Morgan fingerprint density at radius 3 is 1.41 bits per heavy atom. The van der Waals surface area contributed by atoms with Crippen molar-refractivity contribution in [3.8, 4) is 0 Å². The van der Waals surface area contributed by atoms with Crippen LogP contribution in [0.2, 0.25) is 0 Å². The van der Waals surface area contributed by atoms with Gasteiger partial charge in [0.15, 0.2) is 0 Å². The molecule has 0 atom stereocenters. The second-order valence-electron chi connectivity index (χ2n) is 4.99. The van der Waals surface area contributed by atoms with Gasteiger partial charge in [0.2, 0.25) is 0 Å². The number of hydrogen-bond donors (Lipinski definition) is 2. The summed E-state index contributed by atoms with van der Waals surface area (Å²) < 4.78 is 8.58. The SMILES string of the molecule is C/C(C(=O)O)=C(/C)C(=O)OC(=O)/C=C(/Cl)C(=O)OC(=O)/C(C)=C(\C)C(=O)O. The van der Waals surface area contributed by atoms with Crippen molar-refractivity contribution < 1.29 is 48.5 Å². The molecule has 0 aromatic heterocycles. The first-order valence-electron chi connectivity index (χ1n) is 7.00. The quantitative estimate of drug-likeness (QED) is 0.373. The Kier molecular flexibility index (Phi) is 8.81. The molecule has 0 aromatic rings. The summed E-state index contributed by atoms with van der Waals surface area (Å²) in [4.78, 5) is 67.8. The first kappa shape index (κ1) is 23.7. The molecule has 0 bridgehead atoms. The molecular formula is C16H15ClO10. The van der Waals surface area contributed by atoms with Crippen molar-refractivity contribution in [1.82, 2.24) is 0 Å². The van der Waals surface area contributed by atoms with Gasteiger partial charge in [-0.25, -0.2) is 28.8 Å². The second kappa shape index (κ2) is 10.0. The Hall–Kier alpha value is -3.27. The van der Waals surface area contributed by atoms with Crippen molar-refractivity contribution in [2.75, 3.05) is 0 Å². The Balaban J connectivity index is 5.14. The minimum absolute atomic E-state index is 0.335. The van der Waals surface area contributed by atoms with E-state index in [9.17, 15) is 28.8 Å². The minimum atomic E-state index is -1.49. The fourth-order valence-electron chi connectivity index (χ4n) is 1.20. The Labute approximate surface area is 157 Å². The average Bonchev–Trinajstić information content (AvgIpc) is 2.58. The highest BCUT2D eigenvalue weighted by molar-refractivity contribution is 6.43. The Bertz CT molecular complexity index is 813. The first-order valence-corrected chi connectivity index (χ1v) is 7.38. The van der Waals surface area contributed by atoms with Crippen LogP contribution < -0.4 is 0 Å². The molecule has 0 saturated carbocycles. The maximum absolute atomic E-state index is 11.6. The van der Waals surface area contributed by atoms with E-state index in [1.807, 2.05) is 0 Å². The van der Waals surface area contributed by atoms with E-state index in [-0.39, 0.29) is 22.3 Å². The van der Waals surface area contributed by atoms with E-state index in [0.29, 0.717) is 6.08 Å². The predicted octanol–water partition coefficient (Wildman–Crippen LogP) is 1.09. The van der Waals surface area contributed by atoms with Crippen LogP contribution in [0, 0.1) is 0 Å². The largest absolute Gasteiger partial charge is 0.478 e. The lowest BCUT2D eigenvalue weighted by atomic mass is 10.1. The van der Waals surface area contributed by atoms with Crippen molar-refractivity contribution in [1.29, 1.82) is 0 Å². The molecule has 0 aliphatic carbocycles. The van der Waals surface area contributed by atoms with Crippen LogP contribution in [0.25, 0.3) is 0 Å². The van der Waals surface area contributed by atoms with Gasteiger partial charge >= 0.3 is 35.8 Å². The number of carbonyl (C=O) groups is 6. The number of esters is 4. The molecule has 2 N–H and O–H groups in total. The fourth-order valence-corrected chi connectivity index (χ4v) is 1.32. The lowest BCUT2D eigenvalue weighted by molar-refractivity contribution is -0.156. The summed E-state index contributed by atoms with van der Waals surface area (Å²) in [5.74, 6) is -8.28. The summed E-state index contributed by atoms with van der Waals surface area (Å²) in [5, 5.41) is 16.6. The van der Waals surface area contributed by atoms with Gasteiger partial charge in [-0.05, 0) is 27.7 Å². The highest BCUT2D eigenvalue weighted by atomic mass is 35.5. The van der Waals surface area contributed by atoms with Gasteiger partial charge in [0.25, 0.3) is 0 Å². The molecule has 0 unspecified atom stereocenters. The molecule has 0 amide bonds. The molecule has 0 aromatic carbocycles. The molecule has 0 saturated heterocycles. The van der Waals surface area contributed by atoms with Gasteiger partial charge in [-0.3, -0.25) is 0 Å². The van der Waals surface area contributed by atoms with Gasteiger partial charge in [0.05, 0.1) is 0 Å². The number of ether oxygens (including phenoxy) is 2. The molecule has 0 aliphatic rings. The van der Waals surface area contributed by atoms with Crippen molar-refractivity contribution in [3.63, 3.8) is 0 Å². The maximum atomic E-state index is 11.6. The second-order valence-corrected chi connectivity index (χ2v) is 5.40. The highest BCUT2D eigenvalue weighted by Crippen LogP contribution is 2.11. The van der Waals surface area contributed by atoms with Crippen LogP contribution in [0.1, 0.15) is 27.7 Å². The van der Waals surface area contributed by atoms with Crippen molar-refractivity contribution in [2.45, 2.75) is 27.7 Å². The molecular weight excluding hydrogens is 388 g/mol. The molecule has 0 rings (SSSR count). The number of carbonyl (C=O) groups excluding carboxylic acids is 4. The molecule has 27 heavy (non-hydrogen) atoms. The number of carboxylic acids is 2. The normalized spacial score (nSPS) is 13.0. The van der Waals surface area contributed by atoms with E-state index in [1.165, 1.54) is 0 Å². The number of halogens is 1. The van der Waals surface area contributed by atoms with Gasteiger partial charge in [0.1, 0.15) is 5.03 Å². The molecule has 0 spiro atoms. The van der Waals surface area contributed by atoms with Crippen molar-refractivity contribution >= 4 is 47.4 Å². The maximum Gasteiger partial charge on any atom is 0.357 e. The molecule has 146 valence electrons. The van der Waals surface area contributed by atoms with E-state index < -0.39 is 40.8 Å². The van der Waals surface area contributed by atoms with Crippen molar-refractivity contribution in [2.24, 2.45) is 0 Å². The van der Waals surface area contributed by atoms with Gasteiger partial charge < -0.3 is 19.7 Å². The molecule has 10 nitrogen and oxygen atoms in total. The van der Waals surface area contributed by atoms with E-state index in [1.54, 1.807) is 0 Å². The van der Waals surface area contributed by atoms with E-state index in [2.05, 4.69) is 9.47 Å². The number of hydrogen-bond acceptors (Lipinski definition) is 8. The smallest absolute Gasteiger partial charge is 0.357 e. The zero-order valence-electron chi connectivity index (χ0n) is 14.6. The zero-order chi connectivity index (χ0) is 21.5. The van der Waals surface area contributed by atoms with Crippen LogP contribution in [0.3, 0.4) is 0 Å². The van der Waals surface area contributed by atoms with Crippen LogP contribution in [-0.4, -0.2) is 46.0 Å². The van der Waals surface area contributed by atoms with Gasteiger partial charge in [-0.15, -0.1) is 0 Å². The van der Waals surface area contributed by atoms with Gasteiger partial charge in [-0.2, -0.15) is 0 Å². The summed E-state index contributed by atoms with van der Waals surface area (Å²) in [6.45, 7) is 4.43. The highest BCUT2D eigenvalue weighted by Gasteiger charge is 2.21. The molecule has 0 fully saturated rings. The summed E-state index contributed by atoms with van der Waals surface area (Å²) in [6.07, 6.45) is 0.335. The summed E-state index contributed by atoms with van der Waals surface area (Å²) >= 11 is 5.48. The predicted molar refractivity (Wildman–Crippen MR) is 88.2 cm³/mol.